The van der Waals surface area contributed by atoms with Gasteiger partial charge in [0.05, 0.1) is 10.9 Å². The topological polar surface area (TPSA) is 128 Å². The van der Waals surface area contributed by atoms with E-state index in [-0.39, 0.29) is 24.5 Å². The monoisotopic (exact) mass is 607 g/mol. The highest BCUT2D eigenvalue weighted by molar-refractivity contribution is 7.92. The molecule has 4 rings (SSSR count). The molecule has 0 aliphatic carbocycles. The van der Waals surface area contributed by atoms with E-state index >= 15 is 0 Å². The predicted molar refractivity (Wildman–Crippen MR) is 158 cm³/mol. The fourth-order valence-electron chi connectivity index (χ4n) is 4.90. The maximum absolute atomic E-state index is 13.2. The fourth-order valence-corrected chi connectivity index (χ4v) is 6.97. The molecule has 0 bridgehead atoms. The van der Waals surface area contributed by atoms with E-state index in [9.17, 15) is 22.8 Å². The number of rotatable bonds is 10. The molecule has 2 atom stereocenters. The highest BCUT2D eigenvalue weighted by atomic mass is 35.5. The fraction of sp³-hybridized carbons (Fsp3) is 0.444. The minimum Gasteiger partial charge on any atom is -0.336 e. The number of hydrogen-bond acceptors (Lipinski definition) is 6. The third-order valence-corrected chi connectivity index (χ3v) is 9.26. The van der Waals surface area contributed by atoms with Crippen LogP contribution in [0, 0.1) is 0 Å². The van der Waals surface area contributed by atoms with E-state index in [1.54, 1.807) is 17.0 Å². The van der Waals surface area contributed by atoms with Gasteiger partial charge in [-0.2, -0.15) is 4.72 Å². The van der Waals surface area contributed by atoms with Crippen molar-refractivity contribution in [1.29, 1.82) is 0 Å². The second-order valence-electron chi connectivity index (χ2n) is 9.83. The zero-order chi connectivity index (χ0) is 28.7. The molecule has 3 N–H and O–H groups in total. The zero-order valence-corrected chi connectivity index (χ0v) is 24.7. The van der Waals surface area contributed by atoms with Crippen LogP contribution < -0.4 is 15.4 Å². The van der Waals surface area contributed by atoms with Crippen molar-refractivity contribution in [2.24, 2.45) is 0 Å². The normalized spacial score (nSPS) is 19.8. The molecule has 4 amide bonds. The van der Waals surface area contributed by atoms with Crippen molar-refractivity contribution in [3.63, 3.8) is 0 Å². The van der Waals surface area contributed by atoms with E-state index in [0.717, 1.165) is 30.2 Å². The van der Waals surface area contributed by atoms with Crippen LogP contribution in [-0.2, 0) is 26.0 Å². The van der Waals surface area contributed by atoms with E-state index in [2.05, 4.69) is 15.4 Å². The quantitative estimate of drug-likeness (QED) is 0.380. The lowest BCUT2D eigenvalue weighted by molar-refractivity contribution is -0.143. The molecule has 0 radical (unpaired) electrons. The number of thiophene rings is 1. The maximum Gasteiger partial charge on any atom is 0.319 e. The van der Waals surface area contributed by atoms with Crippen molar-refractivity contribution < 1.29 is 22.8 Å². The molecule has 1 aromatic heterocycles. The smallest absolute Gasteiger partial charge is 0.319 e. The molecule has 216 valence electrons. The van der Waals surface area contributed by atoms with E-state index in [1.807, 2.05) is 31.2 Å². The number of anilines is 1. The molecule has 3 heterocycles. The van der Waals surface area contributed by atoms with Gasteiger partial charge in [0.15, 0.2) is 0 Å². The van der Waals surface area contributed by atoms with Gasteiger partial charge in [-0.05, 0) is 68.0 Å². The Labute approximate surface area is 243 Å². The molecular formula is C27H34ClN5O5S2. The molecule has 40 heavy (non-hydrogen) atoms. The Hall–Kier alpha value is -2.93. The first-order valence-corrected chi connectivity index (χ1v) is 16.1. The number of carbonyl (C=O) groups excluding carboxylic acids is 3. The van der Waals surface area contributed by atoms with Crippen LogP contribution in [0.2, 0.25) is 4.34 Å². The van der Waals surface area contributed by atoms with Crippen molar-refractivity contribution in [3.8, 4) is 0 Å². The van der Waals surface area contributed by atoms with Gasteiger partial charge < -0.3 is 20.4 Å². The van der Waals surface area contributed by atoms with Crippen LogP contribution in [-0.4, -0.2) is 74.3 Å². The Bertz CT molecular complexity index is 1360. The van der Waals surface area contributed by atoms with Crippen molar-refractivity contribution in [2.45, 2.75) is 51.1 Å². The number of urea groups is 1. The van der Waals surface area contributed by atoms with Gasteiger partial charge in [0.1, 0.15) is 6.04 Å². The molecular weight excluding hydrogens is 574 g/mol. The summed E-state index contributed by atoms with van der Waals surface area (Å²) in [5.74, 6) is -0.634. The average molecular weight is 608 g/mol. The van der Waals surface area contributed by atoms with Gasteiger partial charge in [-0.1, -0.05) is 30.7 Å². The summed E-state index contributed by atoms with van der Waals surface area (Å²) < 4.78 is 28.1. The summed E-state index contributed by atoms with van der Waals surface area (Å²) in [6, 6.07) is 9.55. The van der Waals surface area contributed by atoms with Crippen molar-refractivity contribution in [1.82, 2.24) is 19.8 Å². The molecule has 10 nitrogen and oxygen atoms in total. The summed E-state index contributed by atoms with van der Waals surface area (Å²) in [6.07, 6.45) is 4.77. The first kappa shape index (κ1) is 30.0. The summed E-state index contributed by atoms with van der Waals surface area (Å²) in [5.41, 5.74) is 1.82. The first-order chi connectivity index (χ1) is 19.1. The van der Waals surface area contributed by atoms with Crippen LogP contribution in [0.3, 0.4) is 0 Å². The lowest BCUT2D eigenvalue weighted by atomic mass is 10.1. The number of hydrogen-bond donors (Lipinski definition) is 3. The van der Waals surface area contributed by atoms with E-state index in [0.29, 0.717) is 47.4 Å². The number of nitrogens with zero attached hydrogens (tertiary/aromatic N) is 2. The molecule has 0 spiro atoms. The minimum absolute atomic E-state index is 0.132. The molecule has 1 aromatic carbocycles. The van der Waals surface area contributed by atoms with E-state index in [4.69, 9.17) is 11.6 Å². The van der Waals surface area contributed by atoms with Gasteiger partial charge in [0, 0.05) is 41.6 Å². The SMILES string of the molecule is CCc1cccc(NC(=O)NC[C@H]2CCCN2C(=O)CN2CCC[C@H](NS(=O)(=O)C=Cc3ccc(Cl)s3)C2=O)c1. The molecule has 2 aromatic rings. The van der Waals surface area contributed by atoms with E-state index < -0.39 is 22.0 Å². The van der Waals surface area contributed by atoms with Crippen molar-refractivity contribution in [3.05, 3.63) is 56.6 Å². The number of halogens is 1. The van der Waals surface area contributed by atoms with Crippen LogP contribution in [0.15, 0.2) is 41.8 Å². The largest absolute Gasteiger partial charge is 0.336 e. The number of sulfonamides is 1. The van der Waals surface area contributed by atoms with Gasteiger partial charge >= 0.3 is 6.03 Å². The van der Waals surface area contributed by atoms with E-state index in [1.165, 1.54) is 22.3 Å². The van der Waals surface area contributed by atoms with Gasteiger partial charge in [0.2, 0.25) is 21.8 Å². The Morgan fingerprint density at radius 2 is 1.95 bits per heavy atom. The van der Waals surface area contributed by atoms with Crippen molar-refractivity contribution >= 4 is 62.6 Å². The first-order valence-electron chi connectivity index (χ1n) is 13.3. The molecule has 2 aliphatic rings. The minimum atomic E-state index is -3.88. The number of amides is 4. The molecule has 0 saturated carbocycles. The standard InChI is InChI=1S/C27H34ClN5O5S2/c1-2-19-6-3-7-20(16-19)30-27(36)29-17-21-8-4-14-33(21)25(34)18-32-13-5-9-23(26(32)35)31-40(37,38)15-12-22-10-11-24(28)39-22/h3,6-7,10-12,15-16,21,23,31H,2,4-5,8-9,13-14,17-18H2,1H3,(H2,29,30,36)/t21-,23+/m1/s1. The second-order valence-corrected chi connectivity index (χ2v) is 13.2. The lowest BCUT2D eigenvalue weighted by Crippen LogP contribution is -2.55. The lowest BCUT2D eigenvalue weighted by Gasteiger charge is -2.34. The highest BCUT2D eigenvalue weighted by Gasteiger charge is 2.35. The Morgan fingerprint density at radius 1 is 1.15 bits per heavy atom. The van der Waals surface area contributed by atoms with Crippen LogP contribution in [0.1, 0.15) is 43.0 Å². The third kappa shape index (κ3) is 8.29. The predicted octanol–water partition coefficient (Wildman–Crippen LogP) is 3.66. The Balaban J connectivity index is 1.28. The number of piperidine rings is 1. The summed E-state index contributed by atoms with van der Waals surface area (Å²) in [5, 5.41) is 6.70. The Kier molecular flexibility index (Phi) is 10.2. The maximum atomic E-state index is 13.2. The molecule has 2 aliphatic heterocycles. The summed E-state index contributed by atoms with van der Waals surface area (Å²) >= 11 is 7.13. The number of aryl methyl sites for hydroxylation is 1. The van der Waals surface area contributed by atoms with Crippen LogP contribution in [0.25, 0.3) is 6.08 Å². The molecule has 13 heteroatoms. The summed E-state index contributed by atoms with van der Waals surface area (Å²) in [7, 11) is -3.88. The van der Waals surface area contributed by atoms with Crippen LogP contribution in [0.5, 0.6) is 0 Å². The zero-order valence-electron chi connectivity index (χ0n) is 22.3. The molecule has 0 unspecified atom stereocenters. The van der Waals surface area contributed by atoms with Gasteiger partial charge in [0.25, 0.3) is 0 Å². The number of likely N-dealkylation sites (tertiary alicyclic amines) is 2. The number of benzene rings is 1. The van der Waals surface area contributed by atoms with Gasteiger partial charge in [-0.15, -0.1) is 11.3 Å². The second kappa shape index (κ2) is 13.6. The van der Waals surface area contributed by atoms with Crippen LogP contribution >= 0.6 is 22.9 Å². The summed E-state index contributed by atoms with van der Waals surface area (Å²) in [6.45, 7) is 3.13. The van der Waals surface area contributed by atoms with Gasteiger partial charge in [-0.25, -0.2) is 13.2 Å². The van der Waals surface area contributed by atoms with Crippen LogP contribution in [0.4, 0.5) is 10.5 Å². The summed E-state index contributed by atoms with van der Waals surface area (Å²) in [4.78, 5) is 42.5. The number of carbonyl (C=O) groups is 3. The average Bonchev–Trinajstić information content (AvgIpc) is 3.57. The molecule has 2 fully saturated rings. The molecule has 2 saturated heterocycles. The van der Waals surface area contributed by atoms with Crippen molar-refractivity contribution in [2.75, 3.05) is 31.5 Å². The number of nitrogens with one attached hydrogen (secondary N) is 3. The van der Waals surface area contributed by atoms with Gasteiger partial charge in [-0.3, -0.25) is 9.59 Å². The third-order valence-electron chi connectivity index (χ3n) is 6.96. The Morgan fingerprint density at radius 3 is 2.70 bits per heavy atom. The highest BCUT2D eigenvalue weighted by Crippen LogP contribution is 2.23.